The Balaban J connectivity index is 2.24. The summed E-state index contributed by atoms with van der Waals surface area (Å²) in [4.78, 5) is 12.6. The molecule has 0 heterocycles. The lowest BCUT2D eigenvalue weighted by Gasteiger charge is -2.05. The Morgan fingerprint density at radius 3 is 2.35 bits per heavy atom. The maximum Gasteiger partial charge on any atom is 0.273 e. The SMILES string of the molecule is CCc1ccc(Sc2ccc(OC)cc2)cc1[N+](=O)[O-]. The summed E-state index contributed by atoms with van der Waals surface area (Å²) in [5.74, 6) is 0.793. The molecule has 2 aromatic carbocycles. The molecule has 0 unspecified atom stereocenters. The quantitative estimate of drug-likeness (QED) is 0.607. The Kier molecular flexibility index (Phi) is 4.63. The largest absolute Gasteiger partial charge is 0.497 e. The second-order valence-corrected chi connectivity index (χ2v) is 5.33. The first-order valence-corrected chi connectivity index (χ1v) is 7.05. The van der Waals surface area contributed by atoms with E-state index in [0.717, 1.165) is 21.1 Å². The summed E-state index contributed by atoms with van der Waals surface area (Å²) in [6.07, 6.45) is 0.657. The first-order valence-electron chi connectivity index (χ1n) is 6.23. The van der Waals surface area contributed by atoms with Crippen LogP contribution in [0.5, 0.6) is 5.75 Å². The summed E-state index contributed by atoms with van der Waals surface area (Å²) in [7, 11) is 1.62. The normalized spacial score (nSPS) is 10.3. The van der Waals surface area contributed by atoms with Crippen molar-refractivity contribution in [2.24, 2.45) is 0 Å². The van der Waals surface area contributed by atoms with Gasteiger partial charge in [0.05, 0.1) is 12.0 Å². The van der Waals surface area contributed by atoms with Gasteiger partial charge in [-0.05, 0) is 36.8 Å². The molecule has 0 atom stereocenters. The van der Waals surface area contributed by atoms with Crippen LogP contribution in [0.3, 0.4) is 0 Å². The van der Waals surface area contributed by atoms with Gasteiger partial charge >= 0.3 is 0 Å². The van der Waals surface area contributed by atoms with E-state index in [2.05, 4.69) is 0 Å². The van der Waals surface area contributed by atoms with Gasteiger partial charge in [-0.15, -0.1) is 0 Å². The molecule has 2 rings (SSSR count). The van der Waals surface area contributed by atoms with Crippen LogP contribution in [0.25, 0.3) is 0 Å². The number of aryl methyl sites for hydroxylation is 1. The third-order valence-corrected chi connectivity index (χ3v) is 3.93. The number of benzene rings is 2. The van der Waals surface area contributed by atoms with Gasteiger partial charge in [-0.1, -0.05) is 24.8 Å². The minimum Gasteiger partial charge on any atom is -0.497 e. The minimum atomic E-state index is -0.323. The fourth-order valence-corrected chi connectivity index (χ4v) is 2.71. The second kappa shape index (κ2) is 6.43. The average molecular weight is 289 g/mol. The molecular weight excluding hydrogens is 274 g/mol. The number of ether oxygens (including phenoxy) is 1. The molecule has 2 aromatic rings. The third-order valence-electron chi connectivity index (χ3n) is 2.93. The molecule has 104 valence electrons. The predicted molar refractivity (Wildman–Crippen MR) is 79.6 cm³/mol. The van der Waals surface area contributed by atoms with Crippen molar-refractivity contribution in [2.45, 2.75) is 23.1 Å². The molecule has 0 saturated heterocycles. The van der Waals surface area contributed by atoms with Crippen LogP contribution < -0.4 is 4.74 Å². The van der Waals surface area contributed by atoms with Crippen molar-refractivity contribution >= 4 is 17.4 Å². The van der Waals surface area contributed by atoms with Crippen LogP contribution in [0, 0.1) is 10.1 Å². The molecule has 5 heteroatoms. The summed E-state index contributed by atoms with van der Waals surface area (Å²) in [5, 5.41) is 11.0. The zero-order chi connectivity index (χ0) is 14.5. The molecule has 0 aliphatic carbocycles. The lowest BCUT2D eigenvalue weighted by atomic mass is 10.1. The molecule has 0 bridgehead atoms. The number of nitrogens with zero attached hydrogens (tertiary/aromatic N) is 1. The van der Waals surface area contributed by atoms with Crippen LogP contribution in [-0.2, 0) is 6.42 Å². The smallest absolute Gasteiger partial charge is 0.273 e. The second-order valence-electron chi connectivity index (χ2n) is 4.18. The van der Waals surface area contributed by atoms with Gasteiger partial charge in [-0.25, -0.2) is 0 Å². The third kappa shape index (κ3) is 3.30. The van der Waals surface area contributed by atoms with E-state index in [1.54, 1.807) is 13.2 Å². The highest BCUT2D eigenvalue weighted by Crippen LogP contribution is 2.32. The van der Waals surface area contributed by atoms with Gasteiger partial charge in [0, 0.05) is 21.4 Å². The van der Waals surface area contributed by atoms with Crippen LogP contribution in [0.2, 0.25) is 0 Å². The number of hydrogen-bond acceptors (Lipinski definition) is 4. The maximum atomic E-state index is 11.0. The topological polar surface area (TPSA) is 52.4 Å². The lowest BCUT2D eigenvalue weighted by Crippen LogP contribution is -1.94. The minimum absolute atomic E-state index is 0.186. The summed E-state index contributed by atoms with van der Waals surface area (Å²) >= 11 is 1.50. The summed E-state index contributed by atoms with van der Waals surface area (Å²) < 4.78 is 5.10. The Labute approximate surface area is 121 Å². The lowest BCUT2D eigenvalue weighted by molar-refractivity contribution is -0.385. The molecule has 0 fully saturated rings. The summed E-state index contributed by atoms with van der Waals surface area (Å²) in [5.41, 5.74) is 0.945. The first kappa shape index (κ1) is 14.4. The summed E-state index contributed by atoms with van der Waals surface area (Å²) in [6.45, 7) is 1.92. The van der Waals surface area contributed by atoms with Crippen molar-refractivity contribution in [1.29, 1.82) is 0 Å². The van der Waals surface area contributed by atoms with E-state index < -0.39 is 0 Å². The Bertz CT molecular complexity index is 611. The zero-order valence-corrected chi connectivity index (χ0v) is 12.1. The molecule has 0 spiro atoms. The Morgan fingerprint density at radius 2 is 1.80 bits per heavy atom. The molecule has 0 N–H and O–H groups in total. The van der Waals surface area contributed by atoms with E-state index in [1.165, 1.54) is 11.8 Å². The van der Waals surface area contributed by atoms with E-state index in [0.29, 0.717) is 6.42 Å². The number of nitro groups is 1. The molecule has 0 aromatic heterocycles. The highest BCUT2D eigenvalue weighted by atomic mass is 32.2. The number of rotatable bonds is 5. The molecule has 0 saturated carbocycles. The fourth-order valence-electron chi connectivity index (χ4n) is 1.86. The van der Waals surface area contributed by atoms with Crippen molar-refractivity contribution in [2.75, 3.05) is 7.11 Å². The van der Waals surface area contributed by atoms with Gasteiger partial charge in [-0.3, -0.25) is 10.1 Å². The van der Waals surface area contributed by atoms with Gasteiger partial charge in [0.15, 0.2) is 0 Å². The molecule has 20 heavy (non-hydrogen) atoms. The Hall–Kier alpha value is -2.01. The van der Waals surface area contributed by atoms with Gasteiger partial charge in [0.25, 0.3) is 5.69 Å². The molecule has 0 radical (unpaired) electrons. The highest BCUT2D eigenvalue weighted by molar-refractivity contribution is 7.99. The first-order chi connectivity index (χ1) is 9.63. The van der Waals surface area contributed by atoms with E-state index in [1.807, 2.05) is 43.3 Å². The van der Waals surface area contributed by atoms with Crippen molar-refractivity contribution in [1.82, 2.24) is 0 Å². The van der Waals surface area contributed by atoms with Crippen LogP contribution in [0.15, 0.2) is 52.3 Å². The van der Waals surface area contributed by atoms with E-state index >= 15 is 0 Å². The summed E-state index contributed by atoms with van der Waals surface area (Å²) in [6, 6.07) is 13.0. The van der Waals surface area contributed by atoms with Crippen LogP contribution >= 0.6 is 11.8 Å². The standard InChI is InChI=1S/C15H15NO3S/c1-3-11-4-7-14(10-15(11)16(17)18)20-13-8-5-12(19-2)6-9-13/h4-10H,3H2,1-2H3. The van der Waals surface area contributed by atoms with Gasteiger partial charge in [-0.2, -0.15) is 0 Å². The van der Waals surface area contributed by atoms with Crippen LogP contribution in [-0.4, -0.2) is 12.0 Å². The van der Waals surface area contributed by atoms with E-state index in [9.17, 15) is 10.1 Å². The van der Waals surface area contributed by atoms with Gasteiger partial charge in [0.2, 0.25) is 0 Å². The van der Waals surface area contributed by atoms with E-state index in [-0.39, 0.29) is 10.6 Å². The zero-order valence-electron chi connectivity index (χ0n) is 11.3. The van der Waals surface area contributed by atoms with Crippen molar-refractivity contribution < 1.29 is 9.66 Å². The fraction of sp³-hybridized carbons (Fsp3) is 0.200. The van der Waals surface area contributed by atoms with Crippen molar-refractivity contribution in [3.63, 3.8) is 0 Å². The number of methoxy groups -OCH3 is 1. The predicted octanol–water partition coefficient (Wildman–Crippen LogP) is 4.32. The number of nitro benzene ring substituents is 1. The molecule has 0 aliphatic heterocycles. The highest BCUT2D eigenvalue weighted by Gasteiger charge is 2.13. The average Bonchev–Trinajstić information content (AvgIpc) is 2.48. The van der Waals surface area contributed by atoms with Crippen LogP contribution in [0.1, 0.15) is 12.5 Å². The van der Waals surface area contributed by atoms with Crippen molar-refractivity contribution in [3.8, 4) is 5.75 Å². The van der Waals surface area contributed by atoms with Gasteiger partial charge in [0.1, 0.15) is 5.75 Å². The molecular formula is C15H15NO3S. The van der Waals surface area contributed by atoms with E-state index in [4.69, 9.17) is 4.74 Å². The number of hydrogen-bond donors (Lipinski definition) is 0. The van der Waals surface area contributed by atoms with Crippen molar-refractivity contribution in [3.05, 3.63) is 58.1 Å². The van der Waals surface area contributed by atoms with Gasteiger partial charge < -0.3 is 4.74 Å². The Morgan fingerprint density at radius 1 is 1.15 bits per heavy atom. The molecule has 0 aliphatic rings. The molecule has 0 amide bonds. The van der Waals surface area contributed by atoms with Crippen LogP contribution in [0.4, 0.5) is 5.69 Å². The molecule has 4 nitrogen and oxygen atoms in total. The maximum absolute atomic E-state index is 11.0. The monoisotopic (exact) mass is 289 g/mol.